The van der Waals surface area contributed by atoms with Crippen LogP contribution in [0.3, 0.4) is 0 Å². The molecule has 1 aliphatic heterocycles. The molecule has 2 heterocycles. The second kappa shape index (κ2) is 4.09. The van der Waals surface area contributed by atoms with E-state index in [4.69, 9.17) is 0 Å². The van der Waals surface area contributed by atoms with Gasteiger partial charge in [-0.3, -0.25) is 0 Å². The van der Waals surface area contributed by atoms with Crippen molar-refractivity contribution in [3.63, 3.8) is 0 Å². The molecule has 3 rings (SSSR count). The van der Waals surface area contributed by atoms with Crippen molar-refractivity contribution < 1.29 is 26.8 Å². The fourth-order valence-electron chi connectivity index (χ4n) is 2.43. The number of aromatic hydroxyl groups is 1. The molecule has 4 heteroatoms. The van der Waals surface area contributed by atoms with E-state index in [1.165, 1.54) is 12.8 Å². The Balaban J connectivity index is 0.000000963. The van der Waals surface area contributed by atoms with Gasteiger partial charge in [-0.25, -0.2) is 0 Å². The number of phenolic OH excluding ortho intramolecular Hbond substituents is 1. The van der Waals surface area contributed by atoms with Gasteiger partial charge < -0.3 is 22.1 Å². The van der Waals surface area contributed by atoms with Gasteiger partial charge in [0.2, 0.25) is 6.20 Å². The van der Waals surface area contributed by atoms with E-state index in [2.05, 4.69) is 21.6 Å². The molecular formula is C12H15BrN2O. The SMILES string of the molecule is Cc1cc(O)c2c[n+]3n(c2c1)CCCC3.[Br-]. The Bertz CT molecular complexity index is 533. The Morgan fingerprint density at radius 2 is 2.12 bits per heavy atom. The summed E-state index contributed by atoms with van der Waals surface area (Å²) in [7, 11) is 0. The Morgan fingerprint density at radius 3 is 2.94 bits per heavy atom. The normalized spacial score (nSPS) is 14.6. The van der Waals surface area contributed by atoms with Gasteiger partial charge in [0, 0.05) is 6.42 Å². The maximum absolute atomic E-state index is 9.87. The molecule has 1 aromatic carbocycles. The molecule has 0 unspecified atom stereocenters. The van der Waals surface area contributed by atoms with Crippen LogP contribution in [0.5, 0.6) is 5.75 Å². The maximum atomic E-state index is 9.87. The van der Waals surface area contributed by atoms with Crippen molar-refractivity contribution in [1.82, 2.24) is 4.68 Å². The van der Waals surface area contributed by atoms with E-state index >= 15 is 0 Å². The van der Waals surface area contributed by atoms with Crippen LogP contribution in [0.4, 0.5) is 0 Å². The first-order chi connectivity index (χ1) is 7.25. The minimum Gasteiger partial charge on any atom is -1.00 e. The van der Waals surface area contributed by atoms with E-state index in [9.17, 15) is 5.11 Å². The standard InChI is InChI=1S/C12H14N2O.BrH/c1-9-6-11-10(12(15)7-9)8-13-4-2-3-5-14(11)13;/h6-8H,2-5H2,1H3;1H. The van der Waals surface area contributed by atoms with Crippen molar-refractivity contribution in [3.8, 4) is 5.75 Å². The molecular weight excluding hydrogens is 268 g/mol. The number of hydrogen-bond acceptors (Lipinski definition) is 1. The molecule has 3 nitrogen and oxygen atoms in total. The summed E-state index contributed by atoms with van der Waals surface area (Å²) >= 11 is 0. The van der Waals surface area contributed by atoms with Crippen molar-refractivity contribution in [2.24, 2.45) is 0 Å². The molecule has 0 atom stereocenters. The molecule has 0 fully saturated rings. The highest BCUT2D eigenvalue weighted by atomic mass is 79.9. The van der Waals surface area contributed by atoms with Crippen LogP contribution in [-0.2, 0) is 13.1 Å². The summed E-state index contributed by atoms with van der Waals surface area (Å²) in [5.74, 6) is 0.402. The molecule has 0 radical (unpaired) electrons. The second-order valence-corrected chi connectivity index (χ2v) is 4.34. The van der Waals surface area contributed by atoms with Crippen LogP contribution in [0.25, 0.3) is 10.9 Å². The van der Waals surface area contributed by atoms with E-state index in [0.717, 1.165) is 29.6 Å². The van der Waals surface area contributed by atoms with Crippen LogP contribution < -0.4 is 21.7 Å². The molecule has 0 bridgehead atoms. The molecule has 1 aromatic heterocycles. The smallest absolute Gasteiger partial charge is 0.207 e. The highest BCUT2D eigenvalue weighted by molar-refractivity contribution is 5.84. The third-order valence-corrected chi connectivity index (χ3v) is 3.15. The Morgan fingerprint density at radius 1 is 1.31 bits per heavy atom. The number of benzene rings is 1. The Kier molecular flexibility index (Phi) is 2.93. The quantitative estimate of drug-likeness (QED) is 0.601. The second-order valence-electron chi connectivity index (χ2n) is 4.34. The summed E-state index contributed by atoms with van der Waals surface area (Å²) in [6.45, 7) is 4.15. The predicted octanol–water partition coefficient (Wildman–Crippen LogP) is -1.26. The molecule has 16 heavy (non-hydrogen) atoms. The highest BCUT2D eigenvalue weighted by Gasteiger charge is 2.21. The predicted molar refractivity (Wildman–Crippen MR) is 57.8 cm³/mol. The molecule has 2 aromatic rings. The van der Waals surface area contributed by atoms with Gasteiger partial charge >= 0.3 is 0 Å². The van der Waals surface area contributed by atoms with E-state index in [0.29, 0.717) is 5.75 Å². The van der Waals surface area contributed by atoms with Gasteiger partial charge in [0.25, 0.3) is 0 Å². The average molecular weight is 283 g/mol. The summed E-state index contributed by atoms with van der Waals surface area (Å²) in [6.07, 6.45) is 4.53. The molecule has 0 spiro atoms. The lowest BCUT2D eigenvalue weighted by molar-refractivity contribution is -0.779. The number of rotatable bonds is 0. The fourth-order valence-corrected chi connectivity index (χ4v) is 2.43. The highest BCUT2D eigenvalue weighted by Crippen LogP contribution is 2.26. The number of aryl methyl sites for hydroxylation is 3. The lowest BCUT2D eigenvalue weighted by Crippen LogP contribution is -3.00. The van der Waals surface area contributed by atoms with Gasteiger partial charge in [0.05, 0.1) is 6.54 Å². The van der Waals surface area contributed by atoms with Gasteiger partial charge in [-0.15, -0.1) is 4.68 Å². The van der Waals surface area contributed by atoms with E-state index in [-0.39, 0.29) is 17.0 Å². The number of fused-ring (bicyclic) bond motifs is 3. The maximum Gasteiger partial charge on any atom is 0.207 e. The summed E-state index contributed by atoms with van der Waals surface area (Å²) in [5.41, 5.74) is 2.28. The minimum absolute atomic E-state index is 0. The number of aromatic nitrogens is 2. The zero-order chi connectivity index (χ0) is 10.4. The lowest BCUT2D eigenvalue weighted by Gasteiger charge is -2.08. The van der Waals surface area contributed by atoms with Crippen molar-refractivity contribution >= 4 is 10.9 Å². The van der Waals surface area contributed by atoms with Crippen molar-refractivity contribution in [3.05, 3.63) is 23.9 Å². The van der Waals surface area contributed by atoms with Crippen LogP contribution in [0.2, 0.25) is 0 Å². The molecule has 0 aliphatic carbocycles. The van der Waals surface area contributed by atoms with Gasteiger partial charge in [0.1, 0.15) is 16.7 Å². The van der Waals surface area contributed by atoms with Crippen LogP contribution in [0.1, 0.15) is 18.4 Å². The fraction of sp³-hybridized carbons (Fsp3) is 0.417. The first kappa shape index (κ1) is 11.5. The number of hydrogen-bond donors (Lipinski definition) is 1. The van der Waals surface area contributed by atoms with Gasteiger partial charge in [-0.2, -0.15) is 4.68 Å². The topological polar surface area (TPSA) is 29.0 Å². The van der Waals surface area contributed by atoms with E-state index < -0.39 is 0 Å². The summed E-state index contributed by atoms with van der Waals surface area (Å²) in [5, 5.41) is 10.8. The van der Waals surface area contributed by atoms with Gasteiger partial charge in [0.15, 0.2) is 6.54 Å². The molecule has 86 valence electrons. The first-order valence-corrected chi connectivity index (χ1v) is 5.48. The van der Waals surface area contributed by atoms with Crippen LogP contribution in [-0.4, -0.2) is 9.79 Å². The van der Waals surface area contributed by atoms with E-state index in [1.54, 1.807) is 0 Å². The minimum atomic E-state index is 0. The summed E-state index contributed by atoms with van der Waals surface area (Å²) in [6, 6.07) is 3.98. The molecule has 0 saturated heterocycles. The summed E-state index contributed by atoms with van der Waals surface area (Å²) < 4.78 is 4.48. The summed E-state index contributed by atoms with van der Waals surface area (Å²) in [4.78, 5) is 0. The zero-order valence-corrected chi connectivity index (χ0v) is 10.9. The average Bonchev–Trinajstić information content (AvgIpc) is 2.57. The molecule has 0 saturated carbocycles. The monoisotopic (exact) mass is 282 g/mol. The van der Waals surface area contributed by atoms with Crippen LogP contribution >= 0.6 is 0 Å². The number of halogens is 1. The van der Waals surface area contributed by atoms with Crippen molar-refractivity contribution in [2.45, 2.75) is 32.9 Å². The number of phenols is 1. The largest absolute Gasteiger partial charge is 1.00 e. The van der Waals surface area contributed by atoms with Crippen LogP contribution in [0, 0.1) is 6.92 Å². The lowest BCUT2D eigenvalue weighted by atomic mass is 10.1. The molecule has 1 N–H and O–H groups in total. The van der Waals surface area contributed by atoms with Gasteiger partial charge in [-0.05, 0) is 31.0 Å². The molecule has 1 aliphatic rings. The number of nitrogens with zero attached hydrogens (tertiary/aromatic N) is 2. The first-order valence-electron chi connectivity index (χ1n) is 5.48. The Hall–Kier alpha value is -1.03. The van der Waals surface area contributed by atoms with E-state index in [1.807, 2.05) is 13.0 Å². The zero-order valence-electron chi connectivity index (χ0n) is 9.28. The van der Waals surface area contributed by atoms with Crippen LogP contribution in [0.15, 0.2) is 18.3 Å². The van der Waals surface area contributed by atoms with Gasteiger partial charge in [-0.1, -0.05) is 0 Å². The molecule has 0 amide bonds. The van der Waals surface area contributed by atoms with Crippen molar-refractivity contribution in [1.29, 1.82) is 0 Å². The van der Waals surface area contributed by atoms with Crippen molar-refractivity contribution in [2.75, 3.05) is 0 Å². The third-order valence-electron chi connectivity index (χ3n) is 3.15. The Labute approximate surface area is 105 Å². The third kappa shape index (κ3) is 1.61.